The minimum absolute atomic E-state index is 0.0388. The van der Waals surface area contributed by atoms with Gasteiger partial charge in [0.05, 0.1) is 12.9 Å². The molecule has 2 N–H and O–H groups in total. The van der Waals surface area contributed by atoms with Gasteiger partial charge in [-0.2, -0.15) is 0 Å². The Labute approximate surface area is 101 Å². The smallest absolute Gasteiger partial charge is 0.259 e. The van der Waals surface area contributed by atoms with Gasteiger partial charge in [0.1, 0.15) is 0 Å². The number of rotatable bonds is 8. The van der Waals surface area contributed by atoms with Crippen LogP contribution < -0.4 is 10.0 Å². The Morgan fingerprint density at radius 3 is 2.76 bits per heavy atom. The van der Waals surface area contributed by atoms with E-state index in [9.17, 15) is 8.42 Å². The van der Waals surface area contributed by atoms with Crippen molar-refractivity contribution in [3.05, 3.63) is 12.5 Å². The molecule has 0 radical (unpaired) electrons. The van der Waals surface area contributed by atoms with E-state index >= 15 is 0 Å². The molecule has 0 aliphatic rings. The van der Waals surface area contributed by atoms with E-state index < -0.39 is 10.0 Å². The summed E-state index contributed by atoms with van der Waals surface area (Å²) in [6.45, 7) is 2.17. The van der Waals surface area contributed by atoms with Crippen LogP contribution >= 0.6 is 0 Å². The Morgan fingerprint density at radius 1 is 1.41 bits per heavy atom. The largest absolute Gasteiger partial charge is 0.383 e. The number of nitrogens with zero attached hydrogens (tertiary/aromatic N) is 2. The number of ether oxygens (including phenoxy) is 1. The standard InChI is InChI=1S/C9H18N4O3S/c1-13-7-9(11-8-13)17(14,15)12-4-3-10-5-6-16-2/h7-8,10,12H,3-6H2,1-2H3. The van der Waals surface area contributed by atoms with Crippen molar-refractivity contribution < 1.29 is 13.2 Å². The first-order valence-corrected chi connectivity index (χ1v) is 6.72. The van der Waals surface area contributed by atoms with Crippen LogP contribution in [-0.4, -0.2) is 51.3 Å². The van der Waals surface area contributed by atoms with Gasteiger partial charge in [0, 0.05) is 40.0 Å². The zero-order valence-electron chi connectivity index (χ0n) is 10.0. The summed E-state index contributed by atoms with van der Waals surface area (Å²) in [6.07, 6.45) is 2.91. The van der Waals surface area contributed by atoms with Crippen molar-refractivity contribution in [3.8, 4) is 0 Å². The normalized spacial score (nSPS) is 11.9. The zero-order valence-corrected chi connectivity index (χ0v) is 10.8. The SMILES string of the molecule is COCCNCCNS(=O)(=O)c1cn(C)cn1. The molecule has 0 bridgehead atoms. The number of hydrogen-bond acceptors (Lipinski definition) is 5. The zero-order chi connectivity index (χ0) is 12.7. The first-order chi connectivity index (χ1) is 8.06. The molecular formula is C9H18N4O3S. The fourth-order valence-corrected chi connectivity index (χ4v) is 2.18. The number of aryl methyl sites for hydroxylation is 1. The summed E-state index contributed by atoms with van der Waals surface area (Å²) in [6, 6.07) is 0. The van der Waals surface area contributed by atoms with Crippen LogP contribution in [0.1, 0.15) is 0 Å². The summed E-state index contributed by atoms with van der Waals surface area (Å²) in [7, 11) is -0.148. The second-order valence-electron chi connectivity index (χ2n) is 3.52. The minimum atomic E-state index is -3.49. The molecule has 0 aliphatic heterocycles. The average Bonchev–Trinajstić information content (AvgIpc) is 2.71. The van der Waals surface area contributed by atoms with E-state index in [4.69, 9.17) is 4.74 Å². The van der Waals surface area contributed by atoms with E-state index in [-0.39, 0.29) is 5.03 Å². The molecule has 0 atom stereocenters. The van der Waals surface area contributed by atoms with E-state index in [1.165, 1.54) is 12.5 Å². The molecule has 1 aromatic rings. The van der Waals surface area contributed by atoms with Crippen LogP contribution in [0, 0.1) is 0 Å². The van der Waals surface area contributed by atoms with Crippen molar-refractivity contribution in [2.75, 3.05) is 33.4 Å². The highest BCUT2D eigenvalue weighted by Crippen LogP contribution is 2.02. The van der Waals surface area contributed by atoms with Crippen molar-refractivity contribution in [1.82, 2.24) is 19.6 Å². The maximum atomic E-state index is 11.7. The molecule has 0 amide bonds. The van der Waals surface area contributed by atoms with Crippen LogP contribution in [0.15, 0.2) is 17.6 Å². The predicted molar refractivity (Wildman–Crippen MR) is 63.1 cm³/mol. The van der Waals surface area contributed by atoms with Gasteiger partial charge in [0.25, 0.3) is 10.0 Å². The Balaban J connectivity index is 2.31. The van der Waals surface area contributed by atoms with E-state index in [0.29, 0.717) is 26.2 Å². The monoisotopic (exact) mass is 262 g/mol. The molecule has 0 unspecified atom stereocenters. The Bertz CT molecular complexity index is 429. The number of methoxy groups -OCH3 is 1. The molecule has 0 saturated heterocycles. The molecule has 98 valence electrons. The molecule has 17 heavy (non-hydrogen) atoms. The lowest BCUT2D eigenvalue weighted by Crippen LogP contribution is -2.33. The Hall–Kier alpha value is -0.960. The van der Waals surface area contributed by atoms with Crippen LogP contribution in [0.5, 0.6) is 0 Å². The molecule has 7 nitrogen and oxygen atoms in total. The molecule has 1 rings (SSSR count). The molecule has 0 fully saturated rings. The van der Waals surface area contributed by atoms with Crippen LogP contribution in [-0.2, 0) is 21.8 Å². The maximum Gasteiger partial charge on any atom is 0.259 e. The average molecular weight is 262 g/mol. The quantitative estimate of drug-likeness (QED) is 0.583. The van der Waals surface area contributed by atoms with Gasteiger partial charge in [-0.3, -0.25) is 0 Å². The number of hydrogen-bond donors (Lipinski definition) is 2. The van der Waals surface area contributed by atoms with E-state index in [2.05, 4.69) is 15.0 Å². The van der Waals surface area contributed by atoms with E-state index in [0.717, 1.165) is 0 Å². The fraction of sp³-hybridized carbons (Fsp3) is 0.667. The van der Waals surface area contributed by atoms with Gasteiger partial charge in [0.2, 0.25) is 0 Å². The molecule has 0 aromatic carbocycles. The summed E-state index contributed by atoms with van der Waals surface area (Å²) in [5.41, 5.74) is 0. The summed E-state index contributed by atoms with van der Waals surface area (Å²) < 4.78 is 32.3. The molecule has 1 aromatic heterocycles. The third-order valence-corrected chi connectivity index (χ3v) is 3.38. The lowest BCUT2D eigenvalue weighted by atomic mass is 10.6. The van der Waals surface area contributed by atoms with Gasteiger partial charge in [-0.25, -0.2) is 18.1 Å². The molecule has 0 spiro atoms. The molecule has 8 heteroatoms. The predicted octanol–water partition coefficient (Wildman–Crippen LogP) is -1.07. The van der Waals surface area contributed by atoms with Crippen molar-refractivity contribution >= 4 is 10.0 Å². The van der Waals surface area contributed by atoms with Crippen molar-refractivity contribution in [3.63, 3.8) is 0 Å². The highest BCUT2D eigenvalue weighted by molar-refractivity contribution is 7.89. The van der Waals surface area contributed by atoms with Gasteiger partial charge in [-0.05, 0) is 0 Å². The lowest BCUT2D eigenvalue weighted by molar-refractivity contribution is 0.199. The third kappa shape index (κ3) is 4.82. The van der Waals surface area contributed by atoms with Gasteiger partial charge in [-0.1, -0.05) is 0 Å². The first-order valence-electron chi connectivity index (χ1n) is 5.23. The second kappa shape index (κ2) is 6.70. The summed E-state index contributed by atoms with van der Waals surface area (Å²) >= 11 is 0. The van der Waals surface area contributed by atoms with E-state index in [1.54, 1.807) is 18.7 Å². The second-order valence-corrected chi connectivity index (χ2v) is 5.23. The Morgan fingerprint density at radius 2 is 2.18 bits per heavy atom. The van der Waals surface area contributed by atoms with Gasteiger partial charge < -0.3 is 14.6 Å². The minimum Gasteiger partial charge on any atom is -0.383 e. The first kappa shape index (κ1) is 14.1. The lowest BCUT2D eigenvalue weighted by Gasteiger charge is -2.05. The third-order valence-electron chi connectivity index (χ3n) is 2.03. The Kier molecular flexibility index (Phi) is 5.56. The number of aromatic nitrogens is 2. The van der Waals surface area contributed by atoms with Gasteiger partial charge in [-0.15, -0.1) is 0 Å². The van der Waals surface area contributed by atoms with Crippen LogP contribution in [0.25, 0.3) is 0 Å². The van der Waals surface area contributed by atoms with Gasteiger partial charge in [0.15, 0.2) is 5.03 Å². The summed E-state index contributed by atoms with van der Waals surface area (Å²) in [5.74, 6) is 0. The number of imidazole rings is 1. The van der Waals surface area contributed by atoms with E-state index in [1.807, 2.05) is 0 Å². The van der Waals surface area contributed by atoms with Crippen molar-refractivity contribution in [1.29, 1.82) is 0 Å². The highest BCUT2D eigenvalue weighted by Gasteiger charge is 2.15. The molecule has 0 aliphatic carbocycles. The van der Waals surface area contributed by atoms with Gasteiger partial charge >= 0.3 is 0 Å². The molecule has 0 saturated carbocycles. The molecular weight excluding hydrogens is 244 g/mol. The van der Waals surface area contributed by atoms with Crippen molar-refractivity contribution in [2.45, 2.75) is 5.03 Å². The fourth-order valence-electron chi connectivity index (χ4n) is 1.17. The van der Waals surface area contributed by atoms with Crippen LogP contribution in [0.4, 0.5) is 0 Å². The number of nitrogens with one attached hydrogen (secondary N) is 2. The number of sulfonamides is 1. The summed E-state index contributed by atoms with van der Waals surface area (Å²) in [5, 5.41) is 3.08. The summed E-state index contributed by atoms with van der Waals surface area (Å²) in [4.78, 5) is 3.79. The highest BCUT2D eigenvalue weighted by atomic mass is 32.2. The van der Waals surface area contributed by atoms with Crippen LogP contribution in [0.3, 0.4) is 0 Å². The van der Waals surface area contributed by atoms with Crippen molar-refractivity contribution in [2.24, 2.45) is 7.05 Å². The molecule has 1 heterocycles. The maximum absolute atomic E-state index is 11.7. The van der Waals surface area contributed by atoms with Crippen LogP contribution in [0.2, 0.25) is 0 Å². The topological polar surface area (TPSA) is 85.3 Å².